The van der Waals surface area contributed by atoms with Crippen LogP contribution in [0.1, 0.15) is 23.7 Å². The van der Waals surface area contributed by atoms with E-state index in [0.717, 1.165) is 13.2 Å². The molecule has 0 aliphatic heterocycles. The summed E-state index contributed by atoms with van der Waals surface area (Å²) < 4.78 is 18.0. The molecule has 7 nitrogen and oxygen atoms in total. The molecule has 0 saturated heterocycles. The molecule has 110 valence electrons. The molecule has 0 aromatic heterocycles. The number of carbonyl (C=O) groups excluding carboxylic acids is 1. The van der Waals surface area contributed by atoms with Crippen LogP contribution in [0, 0.1) is 15.9 Å². The average molecular weight is 286 g/mol. The molecule has 0 aliphatic carbocycles. The van der Waals surface area contributed by atoms with Crippen LogP contribution in [0.5, 0.6) is 0 Å². The van der Waals surface area contributed by atoms with E-state index in [0.29, 0.717) is 12.5 Å². The van der Waals surface area contributed by atoms with Crippen molar-refractivity contribution in [2.75, 3.05) is 19.0 Å². The number of nitro benzene ring substituents is 1. The highest BCUT2D eigenvalue weighted by atomic mass is 19.1. The normalized spacial score (nSPS) is 11.8. The van der Waals surface area contributed by atoms with Gasteiger partial charge in [0.2, 0.25) is 0 Å². The van der Waals surface area contributed by atoms with Gasteiger partial charge < -0.3 is 15.2 Å². The summed E-state index contributed by atoms with van der Waals surface area (Å²) in [5.41, 5.74) is -0.880. The first-order valence-corrected chi connectivity index (χ1v) is 5.84. The lowest BCUT2D eigenvalue weighted by Crippen LogP contribution is -2.18. The van der Waals surface area contributed by atoms with Gasteiger partial charge in [-0.1, -0.05) is 0 Å². The first kappa shape index (κ1) is 15.8. The second kappa shape index (κ2) is 6.80. The summed E-state index contributed by atoms with van der Waals surface area (Å²) in [6.07, 6.45) is 0.349. The highest BCUT2D eigenvalue weighted by Gasteiger charge is 2.23. The predicted molar refractivity (Wildman–Crippen MR) is 69.2 cm³/mol. The van der Waals surface area contributed by atoms with Gasteiger partial charge in [-0.05, 0) is 19.4 Å². The third-order valence-corrected chi connectivity index (χ3v) is 2.65. The van der Waals surface area contributed by atoms with Gasteiger partial charge >= 0.3 is 5.97 Å². The third-order valence-electron chi connectivity index (χ3n) is 2.65. The standard InChI is InChI=1S/C12H15FN2O5/c1-7(3-4-16)14-10-5-8(12(17)20-2)9(13)6-11(10)15(18)19/h5-7,14,16H,3-4H2,1-2H3. The van der Waals surface area contributed by atoms with Crippen molar-refractivity contribution in [3.8, 4) is 0 Å². The van der Waals surface area contributed by atoms with Gasteiger partial charge in [0.1, 0.15) is 11.5 Å². The summed E-state index contributed by atoms with van der Waals surface area (Å²) >= 11 is 0. The van der Waals surface area contributed by atoms with Crippen LogP contribution in [-0.4, -0.2) is 35.8 Å². The van der Waals surface area contributed by atoms with Gasteiger partial charge in [-0.15, -0.1) is 0 Å². The molecule has 0 amide bonds. The molecule has 0 spiro atoms. The fourth-order valence-electron chi connectivity index (χ4n) is 1.63. The van der Waals surface area contributed by atoms with Crippen LogP contribution in [0.3, 0.4) is 0 Å². The highest BCUT2D eigenvalue weighted by molar-refractivity contribution is 5.92. The Morgan fingerprint density at radius 3 is 2.75 bits per heavy atom. The lowest BCUT2D eigenvalue weighted by Gasteiger charge is -2.15. The molecular formula is C12H15FN2O5. The smallest absolute Gasteiger partial charge is 0.340 e. The number of halogens is 1. The molecule has 0 bridgehead atoms. The number of nitrogens with zero attached hydrogens (tertiary/aromatic N) is 1. The molecule has 1 rings (SSSR count). The zero-order valence-corrected chi connectivity index (χ0v) is 11.1. The number of aliphatic hydroxyl groups is 1. The van der Waals surface area contributed by atoms with Crippen molar-refractivity contribution in [3.05, 3.63) is 33.6 Å². The lowest BCUT2D eigenvalue weighted by atomic mass is 10.1. The molecule has 0 radical (unpaired) electrons. The van der Waals surface area contributed by atoms with Crippen LogP contribution in [0.15, 0.2) is 12.1 Å². The van der Waals surface area contributed by atoms with E-state index in [4.69, 9.17) is 5.11 Å². The number of nitro groups is 1. The van der Waals surface area contributed by atoms with E-state index in [1.165, 1.54) is 0 Å². The first-order chi connectivity index (χ1) is 9.40. The van der Waals surface area contributed by atoms with Crippen LogP contribution in [0.4, 0.5) is 15.8 Å². The second-order valence-corrected chi connectivity index (χ2v) is 4.16. The van der Waals surface area contributed by atoms with Gasteiger partial charge in [0.15, 0.2) is 0 Å². The SMILES string of the molecule is COC(=O)c1cc(NC(C)CCO)c([N+](=O)[O-])cc1F. The molecule has 0 saturated carbocycles. The fourth-order valence-corrected chi connectivity index (χ4v) is 1.63. The van der Waals surface area contributed by atoms with Crippen molar-refractivity contribution >= 4 is 17.3 Å². The number of nitrogens with one attached hydrogen (secondary N) is 1. The molecule has 20 heavy (non-hydrogen) atoms. The van der Waals surface area contributed by atoms with Gasteiger partial charge in [-0.3, -0.25) is 10.1 Å². The quantitative estimate of drug-likeness (QED) is 0.469. The Kier molecular flexibility index (Phi) is 5.39. The Bertz CT molecular complexity index is 521. The first-order valence-electron chi connectivity index (χ1n) is 5.84. The number of carbonyl (C=O) groups is 1. The Hall–Kier alpha value is -2.22. The zero-order valence-electron chi connectivity index (χ0n) is 11.1. The van der Waals surface area contributed by atoms with Crippen molar-refractivity contribution in [2.24, 2.45) is 0 Å². The number of anilines is 1. The Labute approximate surface area is 114 Å². The maximum atomic E-state index is 13.6. The van der Waals surface area contributed by atoms with Gasteiger partial charge in [-0.25, -0.2) is 9.18 Å². The van der Waals surface area contributed by atoms with Crippen molar-refractivity contribution in [2.45, 2.75) is 19.4 Å². The molecule has 1 aromatic rings. The predicted octanol–water partition coefficient (Wildman–Crippen LogP) is 1.70. The summed E-state index contributed by atoms with van der Waals surface area (Å²) in [6.45, 7) is 1.59. The van der Waals surface area contributed by atoms with Crippen molar-refractivity contribution in [1.82, 2.24) is 0 Å². The van der Waals surface area contributed by atoms with Gasteiger partial charge in [0.05, 0.1) is 23.7 Å². The largest absolute Gasteiger partial charge is 0.465 e. The fraction of sp³-hybridized carbons (Fsp3) is 0.417. The lowest BCUT2D eigenvalue weighted by molar-refractivity contribution is -0.384. The summed E-state index contributed by atoms with van der Waals surface area (Å²) in [6, 6.07) is 1.42. The Balaban J connectivity index is 3.23. The summed E-state index contributed by atoms with van der Waals surface area (Å²) in [5.74, 6) is -1.95. The number of methoxy groups -OCH3 is 1. The number of ether oxygens (including phenoxy) is 1. The minimum absolute atomic E-state index is 0.00208. The number of aliphatic hydroxyl groups excluding tert-OH is 1. The van der Waals surface area contributed by atoms with Crippen LogP contribution in [0.2, 0.25) is 0 Å². The number of hydrogen-bond acceptors (Lipinski definition) is 6. The zero-order chi connectivity index (χ0) is 15.3. The van der Waals surface area contributed by atoms with Gasteiger partial charge in [-0.2, -0.15) is 0 Å². The number of esters is 1. The summed E-state index contributed by atoms with van der Waals surface area (Å²) in [7, 11) is 1.09. The molecule has 1 unspecified atom stereocenters. The van der Waals surface area contributed by atoms with Gasteiger partial charge in [0, 0.05) is 12.6 Å². The van der Waals surface area contributed by atoms with Gasteiger partial charge in [0.25, 0.3) is 5.69 Å². The molecule has 0 aliphatic rings. The van der Waals surface area contributed by atoms with Crippen LogP contribution in [0.25, 0.3) is 0 Å². The molecule has 2 N–H and O–H groups in total. The molecule has 0 heterocycles. The Morgan fingerprint density at radius 1 is 1.60 bits per heavy atom. The molecule has 8 heteroatoms. The van der Waals surface area contributed by atoms with E-state index >= 15 is 0 Å². The van der Waals surface area contributed by atoms with E-state index in [9.17, 15) is 19.3 Å². The average Bonchev–Trinajstić information content (AvgIpc) is 2.39. The van der Waals surface area contributed by atoms with E-state index in [1.54, 1.807) is 6.92 Å². The van der Waals surface area contributed by atoms with E-state index in [-0.39, 0.29) is 18.3 Å². The van der Waals surface area contributed by atoms with Crippen LogP contribution < -0.4 is 5.32 Å². The molecule has 1 atom stereocenters. The van der Waals surface area contributed by atoms with E-state index in [1.807, 2.05) is 0 Å². The van der Waals surface area contributed by atoms with E-state index in [2.05, 4.69) is 10.1 Å². The summed E-state index contributed by atoms with van der Waals surface area (Å²) in [4.78, 5) is 21.5. The minimum Gasteiger partial charge on any atom is -0.465 e. The number of benzene rings is 1. The maximum absolute atomic E-state index is 13.6. The van der Waals surface area contributed by atoms with Crippen molar-refractivity contribution < 1.29 is 24.0 Å². The number of rotatable bonds is 6. The van der Waals surface area contributed by atoms with Crippen LogP contribution in [-0.2, 0) is 4.74 Å². The highest BCUT2D eigenvalue weighted by Crippen LogP contribution is 2.29. The summed E-state index contributed by atoms with van der Waals surface area (Å²) in [5, 5.41) is 22.5. The van der Waals surface area contributed by atoms with E-state index < -0.39 is 28.0 Å². The monoisotopic (exact) mass is 286 g/mol. The maximum Gasteiger partial charge on any atom is 0.340 e. The van der Waals surface area contributed by atoms with Crippen molar-refractivity contribution in [3.63, 3.8) is 0 Å². The third kappa shape index (κ3) is 3.64. The minimum atomic E-state index is -1.02. The Morgan fingerprint density at radius 2 is 2.25 bits per heavy atom. The number of hydrogen-bond donors (Lipinski definition) is 2. The topological polar surface area (TPSA) is 102 Å². The second-order valence-electron chi connectivity index (χ2n) is 4.16. The van der Waals surface area contributed by atoms with Crippen molar-refractivity contribution in [1.29, 1.82) is 0 Å². The molecule has 0 fully saturated rings. The van der Waals surface area contributed by atoms with Crippen LogP contribution >= 0.6 is 0 Å². The molecule has 1 aromatic carbocycles. The molecular weight excluding hydrogens is 271 g/mol.